The molecule has 0 saturated heterocycles. The van der Waals surface area contributed by atoms with Crippen molar-refractivity contribution in [2.75, 3.05) is 0 Å². The van der Waals surface area contributed by atoms with Crippen LogP contribution in [0.1, 0.15) is 51.5 Å². The van der Waals surface area contributed by atoms with E-state index in [4.69, 9.17) is 5.73 Å². The van der Waals surface area contributed by atoms with Gasteiger partial charge in [0.2, 0.25) is 0 Å². The van der Waals surface area contributed by atoms with E-state index >= 15 is 0 Å². The van der Waals surface area contributed by atoms with Crippen molar-refractivity contribution in [2.45, 2.75) is 51.5 Å². The molecule has 1 nitrogen and oxygen atoms in total. The highest BCUT2D eigenvalue weighted by molar-refractivity contribution is 5.24. The van der Waals surface area contributed by atoms with E-state index < -0.39 is 5.54 Å². The summed E-state index contributed by atoms with van der Waals surface area (Å²) in [5.41, 5.74) is 6.27. The molecule has 0 fully saturated rings. The molecule has 2 heteroatoms. The Morgan fingerprint density at radius 1 is 1.19 bits per heavy atom. The first-order chi connectivity index (χ1) is 7.58. The summed E-state index contributed by atoms with van der Waals surface area (Å²) in [7, 11) is 0. The average Bonchev–Trinajstić information content (AvgIpc) is 2.25. The molecule has 2 N–H and O–H groups in total. The summed E-state index contributed by atoms with van der Waals surface area (Å²) in [6.07, 6.45) is 5.52. The minimum atomic E-state index is -0.543. The van der Waals surface area contributed by atoms with Gasteiger partial charge in [-0.3, -0.25) is 0 Å². The summed E-state index contributed by atoms with van der Waals surface area (Å²) in [5, 5.41) is 0. The van der Waals surface area contributed by atoms with Crippen LogP contribution in [0.25, 0.3) is 0 Å². The summed E-state index contributed by atoms with van der Waals surface area (Å²) >= 11 is 0. The van der Waals surface area contributed by atoms with E-state index in [0.29, 0.717) is 5.56 Å². The lowest BCUT2D eigenvalue weighted by Gasteiger charge is -2.25. The normalized spacial score (nSPS) is 14.8. The predicted octanol–water partition coefficient (Wildman–Crippen LogP) is 3.97. The highest BCUT2D eigenvalue weighted by atomic mass is 19.1. The fourth-order valence-corrected chi connectivity index (χ4v) is 1.98. The molecule has 0 spiro atoms. The minimum absolute atomic E-state index is 0.192. The molecule has 16 heavy (non-hydrogen) atoms. The zero-order valence-corrected chi connectivity index (χ0v) is 10.3. The standard InChI is InChI=1S/C14H22FN/c1-3-4-5-8-11-14(2,16)12-9-6-7-10-13(12)15/h6-7,9-10H,3-5,8,11,16H2,1-2H3. The SMILES string of the molecule is CCCCCCC(C)(N)c1ccccc1F. The van der Waals surface area contributed by atoms with Crippen molar-refractivity contribution >= 4 is 0 Å². The van der Waals surface area contributed by atoms with E-state index in [0.717, 1.165) is 12.8 Å². The van der Waals surface area contributed by atoms with Gasteiger partial charge in [0.05, 0.1) is 0 Å². The first-order valence-corrected chi connectivity index (χ1v) is 6.12. The summed E-state index contributed by atoms with van der Waals surface area (Å²) in [5.74, 6) is -0.192. The number of benzene rings is 1. The molecule has 0 aliphatic carbocycles. The zero-order valence-electron chi connectivity index (χ0n) is 10.3. The molecule has 1 atom stereocenters. The van der Waals surface area contributed by atoms with Crippen LogP contribution in [0.15, 0.2) is 24.3 Å². The van der Waals surface area contributed by atoms with Gasteiger partial charge in [-0.25, -0.2) is 4.39 Å². The molecule has 0 heterocycles. The smallest absolute Gasteiger partial charge is 0.128 e. The highest BCUT2D eigenvalue weighted by Crippen LogP contribution is 2.26. The van der Waals surface area contributed by atoms with E-state index in [1.54, 1.807) is 12.1 Å². The van der Waals surface area contributed by atoms with Gasteiger partial charge in [0.1, 0.15) is 5.82 Å². The molecule has 0 aromatic heterocycles. The lowest BCUT2D eigenvalue weighted by atomic mass is 9.87. The molecule has 0 aliphatic heterocycles. The van der Waals surface area contributed by atoms with Gasteiger partial charge in [0.15, 0.2) is 0 Å². The Balaban J connectivity index is 2.59. The molecule has 0 amide bonds. The Kier molecular flexibility index (Phi) is 4.94. The molecule has 0 saturated carbocycles. The van der Waals surface area contributed by atoms with E-state index in [1.165, 1.54) is 25.3 Å². The summed E-state index contributed by atoms with van der Waals surface area (Å²) < 4.78 is 13.6. The maximum atomic E-state index is 13.6. The van der Waals surface area contributed by atoms with Gasteiger partial charge in [-0.05, 0) is 19.4 Å². The molecule has 1 unspecified atom stereocenters. The largest absolute Gasteiger partial charge is 0.322 e. The Bertz CT molecular complexity index is 320. The number of rotatable bonds is 6. The van der Waals surface area contributed by atoms with Gasteiger partial charge in [-0.15, -0.1) is 0 Å². The van der Waals surface area contributed by atoms with Crippen LogP contribution in [0.5, 0.6) is 0 Å². The second-order valence-electron chi connectivity index (χ2n) is 4.71. The van der Waals surface area contributed by atoms with Crippen molar-refractivity contribution in [3.05, 3.63) is 35.6 Å². The van der Waals surface area contributed by atoms with Crippen molar-refractivity contribution < 1.29 is 4.39 Å². The molecular weight excluding hydrogens is 201 g/mol. The van der Waals surface area contributed by atoms with Crippen molar-refractivity contribution in [3.63, 3.8) is 0 Å². The van der Waals surface area contributed by atoms with Crippen LogP contribution < -0.4 is 5.73 Å². The topological polar surface area (TPSA) is 26.0 Å². The number of halogens is 1. The van der Waals surface area contributed by atoms with E-state index in [-0.39, 0.29) is 5.82 Å². The van der Waals surface area contributed by atoms with Gasteiger partial charge in [-0.2, -0.15) is 0 Å². The van der Waals surface area contributed by atoms with Crippen LogP contribution in [0.3, 0.4) is 0 Å². The quantitative estimate of drug-likeness (QED) is 0.725. The Labute approximate surface area is 97.9 Å². The molecule has 0 aliphatic rings. The first kappa shape index (κ1) is 13.2. The van der Waals surface area contributed by atoms with Crippen molar-refractivity contribution in [2.24, 2.45) is 5.73 Å². The van der Waals surface area contributed by atoms with Gasteiger partial charge in [-0.1, -0.05) is 50.8 Å². The molecule has 90 valence electrons. The maximum Gasteiger partial charge on any atom is 0.128 e. The summed E-state index contributed by atoms with van der Waals surface area (Å²) in [4.78, 5) is 0. The number of unbranched alkanes of at least 4 members (excludes halogenated alkanes) is 3. The lowest BCUT2D eigenvalue weighted by molar-refractivity contribution is 0.405. The van der Waals surface area contributed by atoms with Crippen LogP contribution in [-0.4, -0.2) is 0 Å². The summed E-state index contributed by atoms with van der Waals surface area (Å²) in [6, 6.07) is 6.81. The Hall–Kier alpha value is -0.890. The molecule has 1 aromatic rings. The molecule has 1 aromatic carbocycles. The van der Waals surface area contributed by atoms with Gasteiger partial charge >= 0.3 is 0 Å². The molecule has 0 radical (unpaired) electrons. The second-order valence-corrected chi connectivity index (χ2v) is 4.71. The highest BCUT2D eigenvalue weighted by Gasteiger charge is 2.23. The van der Waals surface area contributed by atoms with Gasteiger partial charge in [0, 0.05) is 11.1 Å². The third-order valence-electron chi connectivity index (χ3n) is 3.04. The van der Waals surface area contributed by atoms with Crippen molar-refractivity contribution in [3.8, 4) is 0 Å². The van der Waals surface area contributed by atoms with Gasteiger partial charge in [0.25, 0.3) is 0 Å². The van der Waals surface area contributed by atoms with E-state index in [2.05, 4.69) is 6.92 Å². The number of hydrogen-bond donors (Lipinski definition) is 1. The van der Waals surface area contributed by atoms with Gasteiger partial charge < -0.3 is 5.73 Å². The Morgan fingerprint density at radius 2 is 1.88 bits per heavy atom. The maximum absolute atomic E-state index is 13.6. The number of hydrogen-bond acceptors (Lipinski definition) is 1. The van der Waals surface area contributed by atoms with Crippen molar-refractivity contribution in [1.29, 1.82) is 0 Å². The molecular formula is C14H22FN. The van der Waals surface area contributed by atoms with Crippen LogP contribution >= 0.6 is 0 Å². The van der Waals surface area contributed by atoms with Crippen molar-refractivity contribution in [1.82, 2.24) is 0 Å². The fourth-order valence-electron chi connectivity index (χ4n) is 1.98. The summed E-state index contributed by atoms with van der Waals surface area (Å²) in [6.45, 7) is 4.09. The first-order valence-electron chi connectivity index (χ1n) is 6.12. The number of nitrogens with two attached hydrogens (primary N) is 1. The fraction of sp³-hybridized carbons (Fsp3) is 0.571. The minimum Gasteiger partial charge on any atom is -0.322 e. The lowest BCUT2D eigenvalue weighted by Crippen LogP contribution is -2.33. The zero-order chi connectivity index (χ0) is 12.0. The van der Waals surface area contributed by atoms with Crippen LogP contribution in [0.4, 0.5) is 4.39 Å². The monoisotopic (exact) mass is 223 g/mol. The van der Waals surface area contributed by atoms with E-state index in [1.807, 2.05) is 13.0 Å². The third kappa shape index (κ3) is 3.60. The molecule has 0 bridgehead atoms. The average molecular weight is 223 g/mol. The third-order valence-corrected chi connectivity index (χ3v) is 3.04. The second kappa shape index (κ2) is 6.00. The Morgan fingerprint density at radius 3 is 2.50 bits per heavy atom. The van der Waals surface area contributed by atoms with Crippen LogP contribution in [0.2, 0.25) is 0 Å². The van der Waals surface area contributed by atoms with E-state index in [9.17, 15) is 4.39 Å². The van der Waals surface area contributed by atoms with Crippen LogP contribution in [-0.2, 0) is 5.54 Å². The predicted molar refractivity (Wildman–Crippen MR) is 66.7 cm³/mol. The van der Waals surface area contributed by atoms with Crippen LogP contribution in [0, 0.1) is 5.82 Å². The molecule has 1 rings (SSSR count).